The summed E-state index contributed by atoms with van der Waals surface area (Å²) in [7, 11) is 2.93. The first-order valence-corrected chi connectivity index (χ1v) is 4.34. The van der Waals surface area contributed by atoms with Gasteiger partial charge >= 0.3 is 0 Å². The average molecular weight is 199 g/mol. The summed E-state index contributed by atoms with van der Waals surface area (Å²) in [6.07, 6.45) is 0.437. The van der Waals surface area contributed by atoms with Crippen LogP contribution in [0.25, 0.3) is 0 Å². The van der Waals surface area contributed by atoms with E-state index in [2.05, 4.69) is 0 Å². The second-order valence-corrected chi connectivity index (χ2v) is 2.80. The molecule has 0 aliphatic heterocycles. The zero-order chi connectivity index (χ0) is 10.6. The lowest BCUT2D eigenvalue weighted by molar-refractivity contribution is 0.371. The van der Waals surface area contributed by atoms with E-state index >= 15 is 0 Å². The maximum Gasteiger partial charge on any atom is 0.171 e. The molecule has 0 heterocycles. The number of benzene rings is 1. The van der Waals surface area contributed by atoms with Gasteiger partial charge in [-0.25, -0.2) is 4.39 Å². The fraction of sp³-hybridized carbons (Fsp3) is 0.400. The van der Waals surface area contributed by atoms with Crippen molar-refractivity contribution in [2.75, 3.05) is 20.8 Å². The summed E-state index contributed by atoms with van der Waals surface area (Å²) in [6, 6.07) is 3.21. The minimum atomic E-state index is -0.391. The highest BCUT2D eigenvalue weighted by Crippen LogP contribution is 2.28. The van der Waals surface area contributed by atoms with Gasteiger partial charge in [0.15, 0.2) is 11.6 Å². The molecule has 14 heavy (non-hydrogen) atoms. The van der Waals surface area contributed by atoms with Crippen molar-refractivity contribution >= 4 is 0 Å². The van der Waals surface area contributed by atoms with Crippen molar-refractivity contribution in [1.29, 1.82) is 0 Å². The summed E-state index contributed by atoms with van der Waals surface area (Å²) in [5.41, 5.74) is 5.85. The number of nitrogens with two attached hydrogens (primary N) is 1. The highest BCUT2D eigenvalue weighted by atomic mass is 19.1. The van der Waals surface area contributed by atoms with Crippen LogP contribution in [-0.2, 0) is 6.42 Å². The van der Waals surface area contributed by atoms with Crippen LogP contribution in [0, 0.1) is 5.82 Å². The molecular formula is C10H14FNO2. The van der Waals surface area contributed by atoms with Crippen LogP contribution in [0.2, 0.25) is 0 Å². The lowest BCUT2D eigenvalue weighted by Crippen LogP contribution is -2.07. The Morgan fingerprint density at radius 1 is 1.21 bits per heavy atom. The molecule has 0 unspecified atom stereocenters. The minimum absolute atomic E-state index is 0.217. The van der Waals surface area contributed by atoms with E-state index < -0.39 is 5.82 Å². The Hall–Kier alpha value is -1.29. The van der Waals surface area contributed by atoms with E-state index in [1.165, 1.54) is 20.3 Å². The lowest BCUT2D eigenvalue weighted by Gasteiger charge is -2.11. The van der Waals surface area contributed by atoms with Crippen molar-refractivity contribution in [2.45, 2.75) is 6.42 Å². The van der Waals surface area contributed by atoms with Gasteiger partial charge in [0.1, 0.15) is 5.75 Å². The second-order valence-electron chi connectivity index (χ2n) is 2.80. The fourth-order valence-corrected chi connectivity index (χ4v) is 1.31. The van der Waals surface area contributed by atoms with E-state index in [0.717, 1.165) is 0 Å². The summed E-state index contributed by atoms with van der Waals surface area (Å²) in [6.45, 7) is 0.375. The van der Waals surface area contributed by atoms with E-state index in [9.17, 15) is 4.39 Å². The van der Waals surface area contributed by atoms with Crippen molar-refractivity contribution in [1.82, 2.24) is 0 Å². The van der Waals surface area contributed by atoms with E-state index in [1.807, 2.05) is 0 Å². The number of hydrogen-bond acceptors (Lipinski definition) is 3. The van der Waals surface area contributed by atoms with Gasteiger partial charge in [0, 0.05) is 5.56 Å². The standard InChI is InChI=1S/C10H14FNO2/c1-13-8-3-4-9(14-2)10(11)7(8)5-6-12/h3-4H,5-6,12H2,1-2H3. The molecule has 0 aromatic heterocycles. The second kappa shape index (κ2) is 4.81. The smallest absolute Gasteiger partial charge is 0.171 e. The third kappa shape index (κ3) is 1.96. The summed E-state index contributed by atoms with van der Waals surface area (Å²) in [4.78, 5) is 0. The van der Waals surface area contributed by atoms with Gasteiger partial charge in [-0.15, -0.1) is 0 Å². The number of rotatable bonds is 4. The molecule has 0 fully saturated rings. The first-order chi connectivity index (χ1) is 6.74. The molecule has 1 aromatic rings. The predicted molar refractivity (Wildman–Crippen MR) is 52.3 cm³/mol. The van der Waals surface area contributed by atoms with E-state index in [4.69, 9.17) is 15.2 Å². The summed E-state index contributed by atoms with van der Waals surface area (Å²) >= 11 is 0. The minimum Gasteiger partial charge on any atom is -0.496 e. The molecule has 0 saturated carbocycles. The van der Waals surface area contributed by atoms with Gasteiger partial charge in [-0.2, -0.15) is 0 Å². The molecule has 4 heteroatoms. The number of halogens is 1. The van der Waals surface area contributed by atoms with Crippen LogP contribution in [0.15, 0.2) is 12.1 Å². The van der Waals surface area contributed by atoms with Gasteiger partial charge in [0.05, 0.1) is 14.2 Å². The van der Waals surface area contributed by atoms with Gasteiger partial charge in [-0.05, 0) is 25.1 Å². The topological polar surface area (TPSA) is 44.5 Å². The molecule has 78 valence electrons. The van der Waals surface area contributed by atoms with Crippen LogP contribution in [0.1, 0.15) is 5.56 Å². The Morgan fingerprint density at radius 2 is 1.79 bits per heavy atom. The molecular weight excluding hydrogens is 185 g/mol. The first kappa shape index (κ1) is 10.8. The first-order valence-electron chi connectivity index (χ1n) is 4.34. The molecule has 0 amide bonds. The Labute approximate surface area is 82.6 Å². The normalized spacial score (nSPS) is 10.0. The van der Waals surface area contributed by atoms with E-state index in [-0.39, 0.29) is 5.75 Å². The molecule has 2 N–H and O–H groups in total. The van der Waals surface area contributed by atoms with E-state index in [0.29, 0.717) is 24.3 Å². The third-order valence-electron chi connectivity index (χ3n) is 2.00. The number of ether oxygens (including phenoxy) is 2. The highest BCUT2D eigenvalue weighted by molar-refractivity contribution is 5.42. The molecule has 1 rings (SSSR count). The zero-order valence-electron chi connectivity index (χ0n) is 8.34. The Balaban J connectivity index is 3.16. The van der Waals surface area contributed by atoms with Gasteiger partial charge in [0.25, 0.3) is 0 Å². The maximum atomic E-state index is 13.6. The van der Waals surface area contributed by atoms with Crippen LogP contribution in [-0.4, -0.2) is 20.8 Å². The molecule has 0 spiro atoms. The molecule has 3 nitrogen and oxygen atoms in total. The lowest BCUT2D eigenvalue weighted by atomic mass is 10.1. The Morgan fingerprint density at radius 3 is 2.29 bits per heavy atom. The van der Waals surface area contributed by atoms with Crippen LogP contribution >= 0.6 is 0 Å². The van der Waals surface area contributed by atoms with E-state index in [1.54, 1.807) is 6.07 Å². The average Bonchev–Trinajstić information content (AvgIpc) is 2.21. The van der Waals surface area contributed by atoms with Crippen molar-refractivity contribution in [3.05, 3.63) is 23.5 Å². The summed E-state index contributed by atoms with van der Waals surface area (Å²) < 4.78 is 23.5. The molecule has 0 aliphatic rings. The molecule has 0 bridgehead atoms. The van der Waals surface area contributed by atoms with Crippen LogP contribution in [0.4, 0.5) is 4.39 Å². The SMILES string of the molecule is COc1ccc(OC)c(CCN)c1F. The molecule has 0 radical (unpaired) electrons. The molecule has 0 aliphatic carbocycles. The zero-order valence-corrected chi connectivity index (χ0v) is 8.34. The summed E-state index contributed by atoms with van der Waals surface area (Å²) in [5.74, 6) is 0.334. The van der Waals surface area contributed by atoms with Crippen molar-refractivity contribution < 1.29 is 13.9 Å². The van der Waals surface area contributed by atoms with Crippen molar-refractivity contribution in [3.8, 4) is 11.5 Å². The maximum absolute atomic E-state index is 13.6. The van der Waals surface area contributed by atoms with Crippen LogP contribution in [0.3, 0.4) is 0 Å². The summed E-state index contributed by atoms with van der Waals surface area (Å²) in [5, 5.41) is 0. The van der Waals surface area contributed by atoms with Gasteiger partial charge < -0.3 is 15.2 Å². The largest absolute Gasteiger partial charge is 0.496 e. The quantitative estimate of drug-likeness (QED) is 0.796. The molecule has 0 atom stereocenters. The van der Waals surface area contributed by atoms with Gasteiger partial charge in [-0.3, -0.25) is 0 Å². The third-order valence-corrected chi connectivity index (χ3v) is 2.00. The predicted octanol–water partition coefficient (Wildman–Crippen LogP) is 1.34. The van der Waals surface area contributed by atoms with Crippen molar-refractivity contribution in [3.63, 3.8) is 0 Å². The van der Waals surface area contributed by atoms with Crippen LogP contribution < -0.4 is 15.2 Å². The number of hydrogen-bond donors (Lipinski definition) is 1. The molecule has 0 saturated heterocycles. The monoisotopic (exact) mass is 199 g/mol. The Bertz CT molecular complexity index is 315. The fourth-order valence-electron chi connectivity index (χ4n) is 1.31. The van der Waals surface area contributed by atoms with Gasteiger partial charge in [0.2, 0.25) is 0 Å². The Kier molecular flexibility index (Phi) is 3.71. The number of methoxy groups -OCH3 is 2. The van der Waals surface area contributed by atoms with Crippen LogP contribution in [0.5, 0.6) is 11.5 Å². The molecule has 1 aromatic carbocycles. The van der Waals surface area contributed by atoms with Crippen molar-refractivity contribution in [2.24, 2.45) is 5.73 Å². The highest BCUT2D eigenvalue weighted by Gasteiger charge is 2.13. The van der Waals surface area contributed by atoms with Gasteiger partial charge in [-0.1, -0.05) is 0 Å².